The molecule has 2 aromatic heterocycles. The fourth-order valence-electron chi connectivity index (χ4n) is 4.97. The van der Waals surface area contributed by atoms with Crippen molar-refractivity contribution in [1.29, 1.82) is 0 Å². The molecule has 1 amide bonds. The molecule has 1 aliphatic carbocycles. The van der Waals surface area contributed by atoms with Crippen LogP contribution in [0, 0.1) is 6.92 Å². The number of alkyl halides is 1. The molecule has 0 spiro atoms. The van der Waals surface area contributed by atoms with Crippen LogP contribution in [0.1, 0.15) is 52.4 Å². The Morgan fingerprint density at radius 2 is 1.87 bits per heavy atom. The smallest absolute Gasteiger partial charge is 0.260 e. The highest BCUT2D eigenvalue weighted by Crippen LogP contribution is 2.41. The molecule has 1 atom stereocenters. The first-order valence-electron chi connectivity index (χ1n) is 13.1. The Labute approximate surface area is 226 Å². The predicted molar refractivity (Wildman–Crippen MR) is 145 cm³/mol. The Kier molecular flexibility index (Phi) is 7.89. The van der Waals surface area contributed by atoms with Crippen LogP contribution < -0.4 is 15.4 Å². The molecule has 3 aromatic rings. The third-order valence-corrected chi connectivity index (χ3v) is 7.16. The van der Waals surface area contributed by atoms with Crippen molar-refractivity contribution in [2.24, 2.45) is 0 Å². The Balaban J connectivity index is 1.35. The highest BCUT2D eigenvalue weighted by molar-refractivity contribution is 6.01. The number of ether oxygens (including phenoxy) is 1. The number of carbonyl (C=O) groups is 1. The van der Waals surface area contributed by atoms with Crippen molar-refractivity contribution in [3.05, 3.63) is 70.5 Å². The van der Waals surface area contributed by atoms with E-state index in [9.17, 15) is 9.18 Å². The van der Waals surface area contributed by atoms with E-state index in [0.717, 1.165) is 39.3 Å². The van der Waals surface area contributed by atoms with Gasteiger partial charge in [-0.1, -0.05) is 19.1 Å². The van der Waals surface area contributed by atoms with Crippen LogP contribution >= 0.6 is 0 Å². The molecular weight excluding hydrogens is 504 g/mol. The second-order valence-electron chi connectivity index (χ2n) is 9.80. The van der Waals surface area contributed by atoms with Crippen LogP contribution in [0.5, 0.6) is 5.88 Å². The van der Waals surface area contributed by atoms with Gasteiger partial charge in [-0.05, 0) is 37.2 Å². The molecule has 0 saturated carbocycles. The van der Waals surface area contributed by atoms with Gasteiger partial charge in [-0.2, -0.15) is 0 Å². The number of fused-ring (bicyclic) bond motifs is 1. The number of nitrogens with one attached hydrogen (secondary N) is 3. The average Bonchev–Trinajstić information content (AvgIpc) is 3.35. The van der Waals surface area contributed by atoms with E-state index in [0.29, 0.717) is 11.4 Å². The molecule has 39 heavy (non-hydrogen) atoms. The van der Waals surface area contributed by atoms with Crippen LogP contribution in [0.25, 0.3) is 5.83 Å². The van der Waals surface area contributed by atoms with Gasteiger partial charge in [-0.15, -0.1) is 0 Å². The highest BCUT2D eigenvalue weighted by atomic mass is 19.1. The maximum Gasteiger partial charge on any atom is 0.260 e. The van der Waals surface area contributed by atoms with Crippen LogP contribution in [0.15, 0.2) is 42.4 Å². The Morgan fingerprint density at radius 3 is 2.56 bits per heavy atom. The third kappa shape index (κ3) is 5.79. The number of aryl methyl sites for hydroxylation is 1. The molecule has 3 heterocycles. The summed E-state index contributed by atoms with van der Waals surface area (Å²) >= 11 is 0. The number of rotatable bonds is 8. The Hall–Kier alpha value is -3.83. The van der Waals surface area contributed by atoms with Gasteiger partial charge in [0.2, 0.25) is 5.88 Å². The molecule has 9 nitrogen and oxygen atoms in total. The van der Waals surface area contributed by atoms with Crippen molar-refractivity contribution in [2.45, 2.75) is 33.0 Å². The maximum absolute atomic E-state index is 15.2. The fourth-order valence-corrected chi connectivity index (χ4v) is 4.97. The lowest BCUT2D eigenvalue weighted by Crippen LogP contribution is -2.45. The lowest BCUT2D eigenvalue weighted by Gasteiger charge is -2.34. The summed E-state index contributed by atoms with van der Waals surface area (Å²) in [5, 5.41) is 5.70. The molecule has 1 aliphatic heterocycles. The molecule has 1 aromatic carbocycles. The van der Waals surface area contributed by atoms with Crippen LogP contribution in [0.3, 0.4) is 0 Å². The Bertz CT molecular complexity index is 1360. The lowest BCUT2D eigenvalue weighted by atomic mass is 10.0. The summed E-state index contributed by atoms with van der Waals surface area (Å²) in [6.07, 6.45) is -0.581. The van der Waals surface area contributed by atoms with Crippen LogP contribution in [0.4, 0.5) is 20.3 Å². The minimum Gasteiger partial charge on any atom is -0.439 e. The maximum atomic E-state index is 15.2. The van der Waals surface area contributed by atoms with Crippen molar-refractivity contribution in [2.75, 3.05) is 45.1 Å². The quantitative estimate of drug-likeness (QED) is 0.390. The van der Waals surface area contributed by atoms with Gasteiger partial charge in [-0.3, -0.25) is 9.69 Å². The number of allylic oxidation sites excluding steroid dienone is 1. The number of hydrogen-bond acceptors (Lipinski definition) is 7. The Morgan fingerprint density at radius 1 is 1.15 bits per heavy atom. The van der Waals surface area contributed by atoms with E-state index in [1.165, 1.54) is 25.0 Å². The summed E-state index contributed by atoms with van der Waals surface area (Å²) in [6, 6.07) is 9.43. The first-order valence-corrected chi connectivity index (χ1v) is 13.1. The lowest BCUT2D eigenvalue weighted by molar-refractivity contribution is 0.0960. The van der Waals surface area contributed by atoms with Gasteiger partial charge >= 0.3 is 0 Å². The number of aromatic amines is 1. The number of H-pyrrole nitrogens is 1. The number of nitrogens with zero attached hydrogens (tertiary/aromatic N) is 4. The van der Waals surface area contributed by atoms with Crippen LogP contribution in [-0.2, 0) is 6.54 Å². The number of amides is 1. The molecule has 0 radical (unpaired) electrons. The molecule has 5 rings (SSSR count). The van der Waals surface area contributed by atoms with E-state index in [-0.39, 0.29) is 40.7 Å². The SMILES string of the molecule is CCN1CCN(Cc2ccc(Nc3ncnc(OC4=C(F)c5cc(C)[nH]c5C(F)C4)c3C(=O)NC)cc2)CC1. The van der Waals surface area contributed by atoms with Crippen molar-refractivity contribution in [3.8, 4) is 5.88 Å². The molecule has 2 aliphatic rings. The summed E-state index contributed by atoms with van der Waals surface area (Å²) in [7, 11) is 1.46. The van der Waals surface area contributed by atoms with Gasteiger partial charge in [0.25, 0.3) is 5.91 Å². The van der Waals surface area contributed by atoms with Gasteiger partial charge in [-0.25, -0.2) is 18.7 Å². The predicted octanol–water partition coefficient (Wildman–Crippen LogP) is 4.49. The topological polar surface area (TPSA) is 98.4 Å². The first-order chi connectivity index (χ1) is 18.9. The highest BCUT2D eigenvalue weighted by Gasteiger charge is 2.32. The molecule has 1 fully saturated rings. The minimum absolute atomic E-state index is 0.00961. The standard InChI is InChI=1S/C28H33F2N7O2/c1-4-36-9-11-37(12-10-36)15-18-5-7-19(8-6-18)35-26-23(27(38)31-3)28(33-16-32-26)39-22-14-21(29)25-20(24(22)30)13-17(2)34-25/h5-8,13,16,21,34H,4,9-12,14-15H2,1-3H3,(H,31,38)(H,32,33,35). The van der Waals surface area contributed by atoms with Gasteiger partial charge in [0.1, 0.15) is 23.8 Å². The largest absolute Gasteiger partial charge is 0.439 e. The first kappa shape index (κ1) is 26.8. The van der Waals surface area contributed by atoms with E-state index in [2.05, 4.69) is 42.3 Å². The van der Waals surface area contributed by atoms with Gasteiger partial charge in [0.05, 0.1) is 5.69 Å². The summed E-state index contributed by atoms with van der Waals surface area (Å²) in [5.74, 6) is -1.42. The van der Waals surface area contributed by atoms with Crippen LogP contribution in [0.2, 0.25) is 0 Å². The zero-order valence-corrected chi connectivity index (χ0v) is 22.4. The van der Waals surface area contributed by atoms with Crippen molar-refractivity contribution < 1.29 is 18.3 Å². The number of anilines is 2. The number of aromatic nitrogens is 3. The summed E-state index contributed by atoms with van der Waals surface area (Å²) in [5.41, 5.74) is 2.82. The number of likely N-dealkylation sites (N-methyl/N-ethyl adjacent to an activating group) is 1. The summed E-state index contributed by atoms with van der Waals surface area (Å²) in [6.45, 7) is 10.1. The molecular formula is C28H33F2N7O2. The van der Waals surface area contributed by atoms with E-state index in [1.807, 2.05) is 24.3 Å². The second kappa shape index (κ2) is 11.5. The van der Waals surface area contributed by atoms with Gasteiger partial charge in [0, 0.05) is 63.1 Å². The molecule has 0 bridgehead atoms. The molecule has 1 saturated heterocycles. The van der Waals surface area contributed by atoms with Crippen molar-refractivity contribution in [1.82, 2.24) is 30.1 Å². The van der Waals surface area contributed by atoms with Crippen molar-refractivity contribution in [3.63, 3.8) is 0 Å². The number of hydrogen-bond donors (Lipinski definition) is 3. The van der Waals surface area contributed by atoms with Gasteiger partial charge < -0.3 is 25.3 Å². The van der Waals surface area contributed by atoms with E-state index < -0.39 is 17.9 Å². The zero-order chi connectivity index (χ0) is 27.5. The molecule has 11 heteroatoms. The number of carbonyl (C=O) groups excluding carboxylic acids is 1. The minimum atomic E-state index is -1.47. The van der Waals surface area contributed by atoms with E-state index in [4.69, 9.17) is 4.74 Å². The van der Waals surface area contributed by atoms with Crippen LogP contribution in [-0.4, -0.2) is 70.4 Å². The third-order valence-electron chi connectivity index (χ3n) is 7.16. The second-order valence-corrected chi connectivity index (χ2v) is 9.80. The normalized spacial score (nSPS) is 18.1. The molecule has 1 unspecified atom stereocenters. The molecule has 206 valence electrons. The monoisotopic (exact) mass is 537 g/mol. The van der Waals surface area contributed by atoms with E-state index in [1.54, 1.807) is 6.92 Å². The average molecular weight is 538 g/mol. The number of halogens is 2. The summed E-state index contributed by atoms with van der Waals surface area (Å²) in [4.78, 5) is 28.9. The van der Waals surface area contributed by atoms with Gasteiger partial charge in [0.15, 0.2) is 11.6 Å². The fraction of sp³-hybridized carbons (Fsp3) is 0.393. The van der Waals surface area contributed by atoms with E-state index >= 15 is 4.39 Å². The summed E-state index contributed by atoms with van der Waals surface area (Å²) < 4.78 is 35.7. The molecule has 3 N–H and O–H groups in total. The number of benzene rings is 1. The zero-order valence-electron chi connectivity index (χ0n) is 22.4. The van der Waals surface area contributed by atoms with Crippen molar-refractivity contribution >= 4 is 23.2 Å². The number of piperazine rings is 1.